The first kappa shape index (κ1) is 16.4. The topological polar surface area (TPSA) is 50.3 Å². The van der Waals surface area contributed by atoms with Gasteiger partial charge in [0.2, 0.25) is 10.0 Å². The molecule has 1 saturated heterocycles. The Balaban J connectivity index is 2.28. The minimum absolute atomic E-state index is 0.0941. The molecule has 2 rings (SSSR count). The van der Waals surface area contributed by atoms with Gasteiger partial charge in [0, 0.05) is 29.8 Å². The number of thioether (sulfide) groups is 1. The van der Waals surface area contributed by atoms with Gasteiger partial charge in [-0.1, -0.05) is 37.0 Å². The van der Waals surface area contributed by atoms with Gasteiger partial charge < -0.3 is 0 Å². The van der Waals surface area contributed by atoms with Crippen LogP contribution in [0.25, 0.3) is 0 Å². The van der Waals surface area contributed by atoms with Gasteiger partial charge in [0.1, 0.15) is 10.0 Å². The molecular formula is C12H16Cl2N2O2S2. The number of aromatic nitrogens is 1. The summed E-state index contributed by atoms with van der Waals surface area (Å²) in [6.45, 7) is 5.27. The summed E-state index contributed by atoms with van der Waals surface area (Å²) in [6, 6.07) is 1.36. The van der Waals surface area contributed by atoms with Crippen molar-refractivity contribution in [2.45, 2.75) is 29.9 Å². The molecule has 1 aromatic rings. The summed E-state index contributed by atoms with van der Waals surface area (Å²) in [6.07, 6.45) is 2.07. The van der Waals surface area contributed by atoms with Crippen LogP contribution in [0.1, 0.15) is 20.3 Å². The van der Waals surface area contributed by atoms with E-state index < -0.39 is 10.0 Å². The summed E-state index contributed by atoms with van der Waals surface area (Å²) in [5.41, 5.74) is 0. The molecule has 4 nitrogen and oxygen atoms in total. The summed E-state index contributed by atoms with van der Waals surface area (Å²) in [5, 5.41) is 0.260. The molecule has 0 radical (unpaired) electrons. The van der Waals surface area contributed by atoms with Gasteiger partial charge in [0.25, 0.3) is 0 Å². The molecule has 112 valence electrons. The number of sulfonamides is 1. The van der Waals surface area contributed by atoms with E-state index in [1.807, 2.05) is 0 Å². The van der Waals surface area contributed by atoms with Gasteiger partial charge in [-0.15, -0.1) is 0 Å². The second-order valence-electron chi connectivity index (χ2n) is 5.21. The Kier molecular flexibility index (Phi) is 4.91. The van der Waals surface area contributed by atoms with Crippen molar-refractivity contribution >= 4 is 45.0 Å². The van der Waals surface area contributed by atoms with E-state index in [1.54, 1.807) is 11.8 Å². The zero-order chi connectivity index (χ0) is 15.0. The molecule has 2 heterocycles. The predicted molar refractivity (Wildman–Crippen MR) is 84.2 cm³/mol. The maximum Gasteiger partial charge on any atom is 0.244 e. The van der Waals surface area contributed by atoms with Crippen LogP contribution >= 0.6 is 35.0 Å². The van der Waals surface area contributed by atoms with Crippen molar-refractivity contribution in [2.75, 3.05) is 18.8 Å². The van der Waals surface area contributed by atoms with Crippen LogP contribution in [-0.4, -0.2) is 41.3 Å². The van der Waals surface area contributed by atoms with Crippen molar-refractivity contribution in [2.24, 2.45) is 0 Å². The Morgan fingerprint density at radius 1 is 1.35 bits per heavy atom. The smallest absolute Gasteiger partial charge is 0.242 e. The summed E-state index contributed by atoms with van der Waals surface area (Å²) in [7, 11) is -3.56. The molecule has 0 atom stereocenters. The summed E-state index contributed by atoms with van der Waals surface area (Å²) in [5.74, 6) is 0.779. The predicted octanol–water partition coefficient (Wildman–Crippen LogP) is 3.29. The third kappa shape index (κ3) is 3.60. The Bertz CT molecular complexity index is 605. The summed E-state index contributed by atoms with van der Waals surface area (Å²) in [4.78, 5) is 3.91. The molecule has 1 aliphatic rings. The second-order valence-corrected chi connectivity index (χ2v) is 9.71. The molecule has 1 fully saturated rings. The fourth-order valence-electron chi connectivity index (χ4n) is 1.94. The molecule has 0 aliphatic carbocycles. The van der Waals surface area contributed by atoms with Crippen molar-refractivity contribution in [1.82, 2.24) is 9.29 Å². The lowest BCUT2D eigenvalue weighted by Crippen LogP contribution is -2.33. The lowest BCUT2D eigenvalue weighted by atomic mass is 10.1. The fourth-order valence-corrected chi connectivity index (χ4v) is 4.90. The average molecular weight is 355 g/mol. The van der Waals surface area contributed by atoms with E-state index in [0.717, 1.165) is 12.2 Å². The third-order valence-electron chi connectivity index (χ3n) is 3.21. The van der Waals surface area contributed by atoms with E-state index in [0.29, 0.717) is 13.1 Å². The van der Waals surface area contributed by atoms with Crippen LogP contribution in [-0.2, 0) is 10.0 Å². The van der Waals surface area contributed by atoms with Crippen molar-refractivity contribution in [3.05, 3.63) is 22.4 Å². The Morgan fingerprint density at radius 2 is 2.05 bits per heavy atom. The molecule has 1 aliphatic heterocycles. The monoisotopic (exact) mass is 354 g/mol. The van der Waals surface area contributed by atoms with E-state index in [2.05, 4.69) is 18.8 Å². The largest absolute Gasteiger partial charge is 0.244 e. The van der Waals surface area contributed by atoms with Crippen LogP contribution in [0, 0.1) is 0 Å². The van der Waals surface area contributed by atoms with E-state index in [9.17, 15) is 8.42 Å². The van der Waals surface area contributed by atoms with E-state index >= 15 is 0 Å². The van der Waals surface area contributed by atoms with Crippen LogP contribution in [0.3, 0.4) is 0 Å². The standard InChI is InChI=1S/C12H16Cl2N2O2S2/c1-12(2)3-4-16(5-6-19-12)20(17,18)9-7-10(13)11(14)15-8-9/h7-8H,3-6H2,1-2H3. The maximum atomic E-state index is 12.6. The lowest BCUT2D eigenvalue weighted by molar-refractivity contribution is 0.415. The van der Waals surface area contributed by atoms with Crippen LogP contribution < -0.4 is 0 Å². The molecule has 0 N–H and O–H groups in total. The quantitative estimate of drug-likeness (QED) is 0.764. The maximum absolute atomic E-state index is 12.6. The molecule has 0 saturated carbocycles. The van der Waals surface area contributed by atoms with Crippen LogP contribution in [0.4, 0.5) is 0 Å². The SMILES string of the molecule is CC1(C)CCN(S(=O)(=O)c2cnc(Cl)c(Cl)c2)CCS1. The second kappa shape index (κ2) is 6.01. The minimum Gasteiger partial charge on any atom is -0.242 e. The molecule has 0 bridgehead atoms. The Hall–Kier alpha value is -0.0100. The third-order valence-corrected chi connectivity index (χ3v) is 7.13. The summed E-state index contributed by atoms with van der Waals surface area (Å²) >= 11 is 13.4. The minimum atomic E-state index is -3.56. The average Bonchev–Trinajstić information content (AvgIpc) is 2.54. The normalized spacial score (nSPS) is 20.6. The highest BCUT2D eigenvalue weighted by molar-refractivity contribution is 8.00. The number of halogens is 2. The summed E-state index contributed by atoms with van der Waals surface area (Å²) < 4.78 is 26.8. The molecule has 0 amide bonds. The number of hydrogen-bond acceptors (Lipinski definition) is 4. The van der Waals surface area contributed by atoms with Crippen molar-refractivity contribution < 1.29 is 8.42 Å². The van der Waals surface area contributed by atoms with Gasteiger partial charge in [-0.2, -0.15) is 16.1 Å². The van der Waals surface area contributed by atoms with Gasteiger partial charge in [-0.05, 0) is 12.5 Å². The van der Waals surface area contributed by atoms with Crippen LogP contribution in [0.2, 0.25) is 10.2 Å². The molecule has 8 heteroatoms. The van der Waals surface area contributed by atoms with Crippen molar-refractivity contribution in [3.63, 3.8) is 0 Å². The zero-order valence-corrected chi connectivity index (χ0v) is 14.4. The molecule has 0 unspecified atom stereocenters. The van der Waals surface area contributed by atoms with E-state index in [-0.39, 0.29) is 19.8 Å². The Labute approximate surface area is 133 Å². The first-order valence-electron chi connectivity index (χ1n) is 6.17. The number of pyridine rings is 1. The lowest BCUT2D eigenvalue weighted by Gasteiger charge is -2.22. The fraction of sp³-hybridized carbons (Fsp3) is 0.583. The first-order valence-corrected chi connectivity index (χ1v) is 9.36. The highest BCUT2D eigenvalue weighted by Crippen LogP contribution is 2.33. The number of rotatable bonds is 2. The van der Waals surface area contributed by atoms with Crippen LogP contribution in [0.15, 0.2) is 17.2 Å². The van der Waals surface area contributed by atoms with Gasteiger partial charge >= 0.3 is 0 Å². The highest BCUT2D eigenvalue weighted by Gasteiger charge is 2.31. The van der Waals surface area contributed by atoms with Gasteiger partial charge in [0.15, 0.2) is 0 Å². The van der Waals surface area contributed by atoms with Gasteiger partial charge in [-0.3, -0.25) is 0 Å². The molecule has 20 heavy (non-hydrogen) atoms. The Morgan fingerprint density at radius 3 is 2.70 bits per heavy atom. The molecule has 1 aromatic heterocycles. The first-order chi connectivity index (χ1) is 9.22. The van der Waals surface area contributed by atoms with Crippen molar-refractivity contribution in [1.29, 1.82) is 0 Å². The molecule has 0 aromatic carbocycles. The number of nitrogens with zero attached hydrogens (tertiary/aromatic N) is 2. The highest BCUT2D eigenvalue weighted by atomic mass is 35.5. The number of hydrogen-bond donors (Lipinski definition) is 0. The van der Waals surface area contributed by atoms with Gasteiger partial charge in [0.05, 0.1) is 5.02 Å². The van der Waals surface area contributed by atoms with E-state index in [1.165, 1.54) is 16.6 Å². The van der Waals surface area contributed by atoms with Crippen LogP contribution in [0.5, 0.6) is 0 Å². The van der Waals surface area contributed by atoms with E-state index in [4.69, 9.17) is 23.2 Å². The van der Waals surface area contributed by atoms with Gasteiger partial charge in [-0.25, -0.2) is 13.4 Å². The molecular weight excluding hydrogens is 339 g/mol. The van der Waals surface area contributed by atoms with Crippen molar-refractivity contribution in [3.8, 4) is 0 Å². The zero-order valence-electron chi connectivity index (χ0n) is 11.3. The molecule has 0 spiro atoms.